The van der Waals surface area contributed by atoms with E-state index in [9.17, 15) is 0 Å². The Hall–Kier alpha value is 1.22. The summed E-state index contributed by atoms with van der Waals surface area (Å²) in [6.45, 7) is 2.30. The van der Waals surface area contributed by atoms with Crippen molar-refractivity contribution in [1.82, 2.24) is 0 Å². The van der Waals surface area contributed by atoms with Crippen molar-refractivity contribution in [2.75, 3.05) is 6.16 Å². The minimum absolute atomic E-state index is 1.22. The van der Waals surface area contributed by atoms with Crippen LogP contribution < -0.4 is 0 Å². The Labute approximate surface area is 143 Å². The van der Waals surface area contributed by atoms with Gasteiger partial charge in [0.15, 0.2) is 0 Å². The van der Waals surface area contributed by atoms with E-state index in [0.29, 0.717) is 0 Å². The third kappa shape index (κ3) is 19.2. The molecule has 0 nitrogen and oxygen atoms in total. The van der Waals surface area contributed by atoms with E-state index >= 15 is 0 Å². The van der Waals surface area contributed by atoms with Gasteiger partial charge in [0, 0.05) is 0 Å². The Bertz CT molecular complexity index is 143. The Morgan fingerprint density at radius 1 is 0.500 bits per heavy atom. The average molecular weight is 414 g/mol. The monoisotopic (exact) mass is 416 g/mol. The molecule has 0 spiro atoms. The molecule has 0 aromatic rings. The number of rotatable bonds is 17. The first kappa shape index (κ1) is 21.2. The van der Waals surface area contributed by atoms with E-state index in [0.717, 1.165) is 0 Å². The van der Waals surface area contributed by atoms with Crippen LogP contribution in [0.1, 0.15) is 110 Å². The van der Waals surface area contributed by atoms with Crippen molar-refractivity contribution >= 4 is 28.0 Å². The summed E-state index contributed by atoms with van der Waals surface area (Å²) in [6, 6.07) is 0. The molecule has 0 amide bonds. The predicted molar refractivity (Wildman–Crippen MR) is 99.9 cm³/mol. The van der Waals surface area contributed by atoms with Gasteiger partial charge in [0.25, 0.3) is 0 Å². The van der Waals surface area contributed by atoms with Crippen LogP contribution in [0.5, 0.6) is 0 Å². The summed E-state index contributed by atoms with van der Waals surface area (Å²) in [5.41, 5.74) is 0. The molecule has 0 N–H and O–H groups in total. The fourth-order valence-electron chi connectivity index (χ4n) is 2.75. The Balaban J connectivity index is 2.89. The van der Waals surface area contributed by atoms with Gasteiger partial charge in [0.1, 0.15) is 0 Å². The first-order chi connectivity index (χ1) is 9.91. The van der Waals surface area contributed by atoms with Gasteiger partial charge < -0.3 is 0 Å². The second-order valence-electron chi connectivity index (χ2n) is 6.21. The number of hydrogen-bond donors (Lipinski definition) is 0. The summed E-state index contributed by atoms with van der Waals surface area (Å²) < 4.78 is 0. The fourth-order valence-corrected chi connectivity index (χ4v) is 4.51. The molecule has 0 bridgehead atoms. The summed E-state index contributed by atoms with van der Waals surface area (Å²) in [4.78, 5) is 0. The summed E-state index contributed by atoms with van der Waals surface area (Å²) in [6.07, 6.45) is 26.4. The molecule has 0 aromatic carbocycles. The zero-order valence-corrected chi connectivity index (χ0v) is 17.5. The molecule has 0 radical (unpaired) electrons. The predicted octanol–water partition coefficient (Wildman–Crippen LogP) is 6.74. The van der Waals surface area contributed by atoms with Crippen LogP contribution in [0.15, 0.2) is 0 Å². The molecule has 1 atom stereocenters. The average Bonchev–Trinajstić information content (AvgIpc) is 2.47. The third-order valence-electron chi connectivity index (χ3n) is 4.14. The maximum atomic E-state index is 2.30. The van der Waals surface area contributed by atoms with Crippen molar-refractivity contribution in [3.05, 3.63) is 0 Å². The Morgan fingerprint density at radius 3 is 1.10 bits per heavy atom. The second-order valence-corrected chi connectivity index (χ2v) is 9.74. The summed E-state index contributed by atoms with van der Waals surface area (Å²) in [5, 5.41) is 0. The van der Waals surface area contributed by atoms with Gasteiger partial charge in [-0.05, 0) is 0 Å². The van der Waals surface area contributed by atoms with Crippen molar-refractivity contribution in [2.24, 2.45) is 0 Å². The number of unbranched alkanes of at least 4 members (excludes halogenated alkanes) is 15. The van der Waals surface area contributed by atoms with Gasteiger partial charge in [-0.3, -0.25) is 0 Å². The van der Waals surface area contributed by atoms with Crippen LogP contribution in [0.25, 0.3) is 0 Å². The van der Waals surface area contributed by atoms with Crippen LogP contribution in [-0.2, 0) is 0 Å². The molecule has 0 rings (SSSR count). The molecular formula is C18H39PTe. The van der Waals surface area contributed by atoms with Crippen LogP contribution >= 0.6 is 6.27 Å². The molecule has 0 saturated carbocycles. The molecule has 0 heterocycles. The van der Waals surface area contributed by atoms with Crippen LogP contribution in [-0.4, -0.2) is 27.9 Å². The molecule has 0 aromatic heterocycles. The van der Waals surface area contributed by atoms with Gasteiger partial charge in [-0.1, -0.05) is 45.4 Å². The van der Waals surface area contributed by atoms with Gasteiger partial charge in [-0.15, -0.1) is 0 Å². The second kappa shape index (κ2) is 20.2. The molecule has 2 heteroatoms. The van der Waals surface area contributed by atoms with Gasteiger partial charge in [-0.2, -0.15) is 0 Å². The molecule has 0 aliphatic rings. The molecule has 0 aliphatic heterocycles. The van der Waals surface area contributed by atoms with Gasteiger partial charge in [-0.25, -0.2) is 0 Å². The molecule has 1 unspecified atom stereocenters. The molecular weight excluding hydrogens is 375 g/mol. The molecule has 0 saturated heterocycles. The number of hydrogen-bond acceptors (Lipinski definition) is 0. The van der Waals surface area contributed by atoms with Gasteiger partial charge >= 0.3 is 98.4 Å². The van der Waals surface area contributed by atoms with Crippen molar-refractivity contribution in [3.63, 3.8) is 0 Å². The topological polar surface area (TPSA) is 0 Å². The summed E-state index contributed by atoms with van der Waals surface area (Å²) in [7, 11) is 0. The summed E-state index contributed by atoms with van der Waals surface area (Å²) in [5.74, 6) is 0. The van der Waals surface area contributed by atoms with Crippen molar-refractivity contribution in [2.45, 2.75) is 110 Å². The van der Waals surface area contributed by atoms with Crippen molar-refractivity contribution in [3.8, 4) is 0 Å². The Kier molecular flexibility index (Phi) is 21.5. The van der Waals surface area contributed by atoms with Crippen molar-refractivity contribution < 1.29 is 0 Å². The van der Waals surface area contributed by atoms with Crippen molar-refractivity contribution in [1.29, 1.82) is 0 Å². The first-order valence-corrected chi connectivity index (χ1v) is 14.3. The van der Waals surface area contributed by atoms with Crippen LogP contribution in [0, 0.1) is 0 Å². The Morgan fingerprint density at radius 2 is 0.800 bits per heavy atom. The van der Waals surface area contributed by atoms with Crippen LogP contribution in [0.3, 0.4) is 0 Å². The van der Waals surface area contributed by atoms with Crippen LogP contribution in [0.4, 0.5) is 0 Å². The van der Waals surface area contributed by atoms with E-state index in [1.165, 1.54) is 115 Å². The van der Waals surface area contributed by atoms with Crippen LogP contribution in [0.2, 0.25) is 0 Å². The zero-order valence-electron chi connectivity index (χ0n) is 14.0. The van der Waals surface area contributed by atoms with Gasteiger partial charge in [0.05, 0.1) is 0 Å². The molecule has 0 aliphatic carbocycles. The van der Waals surface area contributed by atoms with E-state index in [-0.39, 0.29) is 0 Å². The van der Waals surface area contributed by atoms with E-state index in [2.05, 4.69) is 6.92 Å². The van der Waals surface area contributed by atoms with E-state index < -0.39 is 0 Å². The third-order valence-corrected chi connectivity index (χ3v) is 6.63. The summed E-state index contributed by atoms with van der Waals surface area (Å²) >= 11 is 2.01. The molecule has 122 valence electrons. The zero-order chi connectivity index (χ0) is 14.7. The maximum absolute atomic E-state index is 2.30. The first-order valence-electron chi connectivity index (χ1n) is 9.28. The minimum atomic E-state index is 1.22. The van der Waals surface area contributed by atoms with E-state index in [1.54, 1.807) is 0 Å². The molecule has 20 heavy (non-hydrogen) atoms. The molecule has 0 fully saturated rings. The normalized spacial score (nSPS) is 11.7. The quantitative estimate of drug-likeness (QED) is 0.141. The van der Waals surface area contributed by atoms with E-state index in [4.69, 9.17) is 0 Å². The fraction of sp³-hybridized carbons (Fsp3) is 1.00. The van der Waals surface area contributed by atoms with Gasteiger partial charge in [0.2, 0.25) is 0 Å². The standard InChI is InChI=1S/C18H39PTe/c1-2-3-4-5-6-7-8-9-10-11-12-13-14-15-16-17-18-19-20/h19-20H,2-18H2,1H3. The van der Waals surface area contributed by atoms with E-state index in [1.807, 2.05) is 21.7 Å². The SMILES string of the molecule is CCCCCCCCCCCCCCCCCCP[TeH].